The normalized spacial score (nSPS) is 19.9. The SMILES string of the molecule is C[C@H](C(=O)NC(=O)NC1CCCCC1)[NH+]1CCN(c2cccc(C(F)(F)F)c2)CC1. The van der Waals surface area contributed by atoms with E-state index in [-0.39, 0.29) is 11.9 Å². The number of nitrogens with one attached hydrogen (secondary N) is 3. The van der Waals surface area contributed by atoms with Crippen molar-refractivity contribution in [3.63, 3.8) is 0 Å². The Morgan fingerprint density at radius 3 is 2.43 bits per heavy atom. The van der Waals surface area contributed by atoms with Crippen LogP contribution in [0.2, 0.25) is 0 Å². The highest BCUT2D eigenvalue weighted by Gasteiger charge is 2.33. The molecule has 0 aromatic heterocycles. The van der Waals surface area contributed by atoms with Crippen LogP contribution in [0.25, 0.3) is 0 Å². The van der Waals surface area contributed by atoms with Crippen LogP contribution < -0.4 is 20.4 Å². The Labute approximate surface area is 174 Å². The van der Waals surface area contributed by atoms with Crippen LogP contribution in [0.5, 0.6) is 0 Å². The van der Waals surface area contributed by atoms with Crippen molar-refractivity contribution >= 4 is 17.6 Å². The van der Waals surface area contributed by atoms with Crippen molar-refractivity contribution in [3.8, 4) is 0 Å². The first-order valence-corrected chi connectivity index (χ1v) is 10.6. The fourth-order valence-electron chi connectivity index (χ4n) is 4.24. The summed E-state index contributed by atoms with van der Waals surface area (Å²) >= 11 is 0. The van der Waals surface area contributed by atoms with Gasteiger partial charge in [0.05, 0.1) is 31.7 Å². The molecule has 2 fully saturated rings. The summed E-state index contributed by atoms with van der Waals surface area (Å²) in [6.45, 7) is 4.08. The third kappa shape index (κ3) is 5.87. The number of nitrogens with zero attached hydrogens (tertiary/aromatic N) is 1. The molecular formula is C21H30F3N4O2+. The van der Waals surface area contributed by atoms with Gasteiger partial charge in [-0.1, -0.05) is 25.3 Å². The molecule has 0 bridgehead atoms. The molecule has 1 aromatic carbocycles. The van der Waals surface area contributed by atoms with E-state index in [1.165, 1.54) is 12.5 Å². The third-order valence-corrected chi connectivity index (χ3v) is 6.13. The number of anilines is 1. The van der Waals surface area contributed by atoms with Crippen LogP contribution >= 0.6 is 0 Å². The van der Waals surface area contributed by atoms with Gasteiger partial charge in [-0.15, -0.1) is 0 Å². The van der Waals surface area contributed by atoms with E-state index in [1.807, 2.05) is 4.90 Å². The van der Waals surface area contributed by atoms with Gasteiger partial charge in [-0.3, -0.25) is 10.1 Å². The summed E-state index contributed by atoms with van der Waals surface area (Å²) in [5.74, 6) is -0.328. The minimum atomic E-state index is -4.37. The number of quaternary nitrogens is 1. The number of hydrogen-bond donors (Lipinski definition) is 3. The number of piperazine rings is 1. The maximum atomic E-state index is 12.9. The summed E-state index contributed by atoms with van der Waals surface area (Å²) in [4.78, 5) is 27.5. The molecule has 9 heteroatoms. The minimum absolute atomic E-state index is 0.130. The Hall–Kier alpha value is -2.29. The lowest BCUT2D eigenvalue weighted by atomic mass is 9.96. The number of amides is 3. The van der Waals surface area contributed by atoms with Gasteiger partial charge in [-0.05, 0) is 38.0 Å². The van der Waals surface area contributed by atoms with Gasteiger partial charge in [0.15, 0.2) is 6.04 Å². The van der Waals surface area contributed by atoms with Crippen LogP contribution in [0.4, 0.5) is 23.7 Å². The average Bonchev–Trinajstić information content (AvgIpc) is 2.73. The number of alkyl halides is 3. The van der Waals surface area contributed by atoms with E-state index in [1.54, 1.807) is 13.0 Å². The van der Waals surface area contributed by atoms with Crippen LogP contribution in [0.3, 0.4) is 0 Å². The molecule has 1 aliphatic heterocycles. The molecule has 1 saturated carbocycles. The summed E-state index contributed by atoms with van der Waals surface area (Å²) in [6.07, 6.45) is 0.893. The Morgan fingerprint density at radius 2 is 1.80 bits per heavy atom. The number of rotatable bonds is 4. The van der Waals surface area contributed by atoms with Crippen molar-refractivity contribution in [2.24, 2.45) is 0 Å². The molecule has 0 spiro atoms. The van der Waals surface area contributed by atoms with Gasteiger partial charge in [0.2, 0.25) is 0 Å². The average molecular weight is 427 g/mol. The van der Waals surface area contributed by atoms with Crippen LogP contribution in [0, 0.1) is 0 Å². The number of carbonyl (C=O) groups excluding carboxylic acids is 2. The summed E-state index contributed by atoms with van der Waals surface area (Å²) in [5, 5.41) is 5.32. The molecule has 2 aliphatic rings. The van der Waals surface area contributed by atoms with E-state index in [0.29, 0.717) is 31.9 Å². The predicted octanol–water partition coefficient (Wildman–Crippen LogP) is 1.96. The minimum Gasteiger partial charge on any atom is -0.360 e. The van der Waals surface area contributed by atoms with Crippen molar-refractivity contribution in [2.45, 2.75) is 57.3 Å². The van der Waals surface area contributed by atoms with Crippen LogP contribution in [0.15, 0.2) is 24.3 Å². The molecule has 1 atom stereocenters. The Morgan fingerprint density at radius 1 is 1.13 bits per heavy atom. The first kappa shape index (κ1) is 22.4. The van der Waals surface area contributed by atoms with E-state index in [9.17, 15) is 22.8 Å². The van der Waals surface area contributed by atoms with Crippen molar-refractivity contribution in [2.75, 3.05) is 31.1 Å². The van der Waals surface area contributed by atoms with Gasteiger partial charge in [0.25, 0.3) is 5.91 Å². The smallest absolute Gasteiger partial charge is 0.360 e. The summed E-state index contributed by atoms with van der Waals surface area (Å²) in [7, 11) is 0. The highest BCUT2D eigenvalue weighted by Crippen LogP contribution is 2.31. The fourth-order valence-corrected chi connectivity index (χ4v) is 4.24. The second-order valence-electron chi connectivity index (χ2n) is 8.21. The topological polar surface area (TPSA) is 65.9 Å². The fraction of sp³-hybridized carbons (Fsp3) is 0.619. The van der Waals surface area contributed by atoms with Gasteiger partial charge in [0, 0.05) is 11.7 Å². The first-order valence-electron chi connectivity index (χ1n) is 10.6. The van der Waals surface area contributed by atoms with Gasteiger partial charge < -0.3 is 15.1 Å². The van der Waals surface area contributed by atoms with Crippen LogP contribution in [-0.4, -0.2) is 50.2 Å². The Balaban J connectivity index is 1.48. The van der Waals surface area contributed by atoms with Crippen LogP contribution in [-0.2, 0) is 11.0 Å². The number of hydrogen-bond acceptors (Lipinski definition) is 3. The van der Waals surface area contributed by atoms with E-state index < -0.39 is 23.8 Å². The number of halogens is 3. The largest absolute Gasteiger partial charge is 0.416 e. The van der Waals surface area contributed by atoms with Crippen molar-refractivity contribution in [3.05, 3.63) is 29.8 Å². The quantitative estimate of drug-likeness (QED) is 0.688. The number of benzene rings is 1. The number of urea groups is 1. The molecular weight excluding hydrogens is 397 g/mol. The lowest BCUT2D eigenvalue weighted by Gasteiger charge is -2.36. The van der Waals surface area contributed by atoms with Gasteiger partial charge in [-0.25, -0.2) is 4.79 Å². The highest BCUT2D eigenvalue weighted by atomic mass is 19.4. The third-order valence-electron chi connectivity index (χ3n) is 6.13. The second-order valence-corrected chi connectivity index (χ2v) is 8.21. The molecule has 0 radical (unpaired) electrons. The lowest BCUT2D eigenvalue weighted by molar-refractivity contribution is -0.914. The standard InChI is InChI=1S/C21H29F3N4O2/c1-15(19(29)26-20(30)25-17-7-3-2-4-8-17)27-10-12-28(13-11-27)18-9-5-6-16(14-18)21(22,23)24/h5-6,9,14-15,17H,2-4,7-8,10-13H2,1H3,(H2,25,26,29,30)/p+1/t15-/m1/s1. The molecule has 6 nitrogen and oxygen atoms in total. The van der Waals surface area contributed by atoms with E-state index in [4.69, 9.17) is 0 Å². The zero-order chi connectivity index (χ0) is 21.7. The second kappa shape index (κ2) is 9.68. The maximum absolute atomic E-state index is 12.9. The molecule has 3 rings (SSSR count). The first-order chi connectivity index (χ1) is 14.2. The molecule has 30 heavy (non-hydrogen) atoms. The van der Waals surface area contributed by atoms with E-state index in [0.717, 1.165) is 42.7 Å². The van der Waals surface area contributed by atoms with E-state index >= 15 is 0 Å². The molecule has 1 heterocycles. The lowest BCUT2D eigenvalue weighted by Crippen LogP contribution is -3.19. The summed E-state index contributed by atoms with van der Waals surface area (Å²) < 4.78 is 38.8. The number of imide groups is 1. The van der Waals surface area contributed by atoms with E-state index in [2.05, 4.69) is 10.6 Å². The zero-order valence-electron chi connectivity index (χ0n) is 17.2. The molecule has 0 unspecified atom stereocenters. The zero-order valence-corrected chi connectivity index (χ0v) is 17.2. The summed E-state index contributed by atoms with van der Waals surface area (Å²) in [6, 6.07) is 4.59. The molecule has 3 N–H and O–H groups in total. The van der Waals surface area contributed by atoms with Crippen molar-refractivity contribution in [1.82, 2.24) is 10.6 Å². The predicted molar refractivity (Wildman–Crippen MR) is 107 cm³/mol. The Kier molecular flexibility index (Phi) is 7.23. The molecule has 1 saturated heterocycles. The molecule has 3 amide bonds. The molecule has 166 valence electrons. The monoisotopic (exact) mass is 427 g/mol. The van der Waals surface area contributed by atoms with Gasteiger partial charge in [-0.2, -0.15) is 13.2 Å². The molecule has 1 aliphatic carbocycles. The van der Waals surface area contributed by atoms with Gasteiger partial charge in [0.1, 0.15) is 0 Å². The molecule has 1 aromatic rings. The van der Waals surface area contributed by atoms with Gasteiger partial charge >= 0.3 is 12.2 Å². The van der Waals surface area contributed by atoms with Crippen molar-refractivity contribution < 1.29 is 27.7 Å². The Bertz CT molecular complexity index is 742. The highest BCUT2D eigenvalue weighted by molar-refractivity contribution is 5.96. The summed E-state index contributed by atoms with van der Waals surface area (Å²) in [5.41, 5.74) is -0.126. The number of carbonyl (C=O) groups is 2. The van der Waals surface area contributed by atoms with Crippen LogP contribution in [0.1, 0.15) is 44.6 Å². The maximum Gasteiger partial charge on any atom is 0.416 e. The van der Waals surface area contributed by atoms with Crippen molar-refractivity contribution in [1.29, 1.82) is 0 Å².